The maximum atomic E-state index is 5.49. The largest absolute Gasteiger partial charge is 0.373 e. The summed E-state index contributed by atoms with van der Waals surface area (Å²) in [6.07, 6.45) is 4.43. The van der Waals surface area contributed by atoms with Crippen molar-refractivity contribution >= 4 is 0 Å². The van der Waals surface area contributed by atoms with E-state index in [0.717, 1.165) is 13.0 Å². The lowest BCUT2D eigenvalue weighted by atomic mass is 10.2. The molecule has 0 spiro atoms. The van der Waals surface area contributed by atoms with Gasteiger partial charge in [0.2, 0.25) is 0 Å². The van der Waals surface area contributed by atoms with Gasteiger partial charge < -0.3 is 10.1 Å². The van der Waals surface area contributed by atoms with Crippen LogP contribution in [0.1, 0.15) is 19.8 Å². The lowest BCUT2D eigenvalue weighted by Gasteiger charge is -2.15. The zero-order valence-corrected chi connectivity index (χ0v) is 7.60. The molecule has 0 aromatic rings. The molecule has 1 N–H and O–H groups in total. The van der Waals surface area contributed by atoms with Crippen molar-refractivity contribution in [1.82, 2.24) is 5.32 Å². The second-order valence-corrected chi connectivity index (χ2v) is 2.59. The van der Waals surface area contributed by atoms with Gasteiger partial charge in [-0.1, -0.05) is 19.4 Å². The molecule has 2 heteroatoms. The van der Waals surface area contributed by atoms with E-state index in [4.69, 9.17) is 4.74 Å². The van der Waals surface area contributed by atoms with Crippen molar-refractivity contribution < 1.29 is 4.74 Å². The van der Waals surface area contributed by atoms with E-state index >= 15 is 0 Å². The molecule has 0 aliphatic carbocycles. The van der Waals surface area contributed by atoms with Gasteiger partial charge in [0, 0.05) is 6.54 Å². The quantitative estimate of drug-likeness (QED) is 0.566. The summed E-state index contributed by atoms with van der Waals surface area (Å²) in [4.78, 5) is 0. The second-order valence-electron chi connectivity index (χ2n) is 2.59. The highest BCUT2D eigenvalue weighted by molar-refractivity contribution is 4.67. The minimum Gasteiger partial charge on any atom is -0.373 e. The summed E-state index contributed by atoms with van der Waals surface area (Å²) >= 11 is 0. The minimum absolute atomic E-state index is 0.350. The van der Waals surface area contributed by atoms with E-state index < -0.39 is 0 Å². The van der Waals surface area contributed by atoms with E-state index in [1.807, 2.05) is 7.05 Å². The second kappa shape index (κ2) is 7.76. The smallest absolute Gasteiger partial charge is 0.0703 e. The van der Waals surface area contributed by atoms with E-state index in [1.54, 1.807) is 6.08 Å². The molecule has 0 bridgehead atoms. The number of nitrogens with one attached hydrogen (secondary N) is 1. The molecule has 11 heavy (non-hydrogen) atoms. The third-order valence-electron chi connectivity index (χ3n) is 1.49. The summed E-state index contributed by atoms with van der Waals surface area (Å²) in [7, 11) is 1.94. The topological polar surface area (TPSA) is 21.3 Å². The summed E-state index contributed by atoms with van der Waals surface area (Å²) in [5.41, 5.74) is 0. The van der Waals surface area contributed by atoms with Gasteiger partial charge in [0.05, 0.1) is 12.7 Å². The Balaban J connectivity index is 3.41. The number of hydrogen-bond donors (Lipinski definition) is 1. The Hall–Kier alpha value is -0.340. The SMILES string of the molecule is C=CCOC(CCC)CNC. The maximum absolute atomic E-state index is 5.49. The molecule has 0 rings (SSSR count). The number of rotatable bonds is 7. The molecule has 0 aromatic carbocycles. The van der Waals surface area contributed by atoms with Crippen LogP contribution in [0.15, 0.2) is 12.7 Å². The van der Waals surface area contributed by atoms with Crippen LogP contribution in [0.4, 0.5) is 0 Å². The Kier molecular flexibility index (Phi) is 7.52. The number of ether oxygens (including phenoxy) is 1. The first-order chi connectivity index (χ1) is 5.35. The third kappa shape index (κ3) is 6.07. The zero-order chi connectivity index (χ0) is 8.53. The fraction of sp³-hybridized carbons (Fsp3) is 0.778. The van der Waals surface area contributed by atoms with Crippen molar-refractivity contribution in [3.63, 3.8) is 0 Å². The van der Waals surface area contributed by atoms with Gasteiger partial charge in [-0.05, 0) is 13.5 Å². The van der Waals surface area contributed by atoms with Gasteiger partial charge in [-0.3, -0.25) is 0 Å². The zero-order valence-electron chi connectivity index (χ0n) is 7.60. The highest BCUT2D eigenvalue weighted by Crippen LogP contribution is 2.00. The fourth-order valence-electron chi connectivity index (χ4n) is 0.998. The molecule has 0 aromatic heterocycles. The van der Waals surface area contributed by atoms with Crippen molar-refractivity contribution in [1.29, 1.82) is 0 Å². The van der Waals surface area contributed by atoms with Crippen LogP contribution in [-0.2, 0) is 4.74 Å². The van der Waals surface area contributed by atoms with Crippen LogP contribution in [0.25, 0.3) is 0 Å². The Morgan fingerprint density at radius 3 is 2.82 bits per heavy atom. The lowest BCUT2D eigenvalue weighted by Crippen LogP contribution is -2.26. The van der Waals surface area contributed by atoms with Crippen molar-refractivity contribution in [2.24, 2.45) is 0 Å². The summed E-state index contributed by atoms with van der Waals surface area (Å²) < 4.78 is 5.49. The average molecular weight is 157 g/mol. The van der Waals surface area contributed by atoms with Crippen LogP contribution in [0.5, 0.6) is 0 Å². The van der Waals surface area contributed by atoms with E-state index in [9.17, 15) is 0 Å². The Bertz CT molecular complexity index is 87.6. The molecule has 0 heterocycles. The van der Waals surface area contributed by atoms with Gasteiger partial charge in [-0.15, -0.1) is 6.58 Å². The van der Waals surface area contributed by atoms with Gasteiger partial charge in [-0.25, -0.2) is 0 Å². The molecule has 0 amide bonds. The molecule has 0 aliphatic rings. The average Bonchev–Trinajstić information content (AvgIpc) is 2.01. The van der Waals surface area contributed by atoms with Crippen LogP contribution in [-0.4, -0.2) is 26.3 Å². The molecule has 1 unspecified atom stereocenters. The third-order valence-corrected chi connectivity index (χ3v) is 1.49. The van der Waals surface area contributed by atoms with Crippen LogP contribution in [0.3, 0.4) is 0 Å². The first kappa shape index (κ1) is 10.7. The summed E-state index contributed by atoms with van der Waals surface area (Å²) in [5.74, 6) is 0. The van der Waals surface area contributed by atoms with Gasteiger partial charge in [0.15, 0.2) is 0 Å². The minimum atomic E-state index is 0.350. The molecule has 2 nitrogen and oxygen atoms in total. The van der Waals surface area contributed by atoms with Gasteiger partial charge in [-0.2, -0.15) is 0 Å². The Labute approximate surface area is 69.6 Å². The highest BCUT2D eigenvalue weighted by atomic mass is 16.5. The molecule has 0 fully saturated rings. The molecular formula is C9H19NO. The van der Waals surface area contributed by atoms with Gasteiger partial charge in [0.1, 0.15) is 0 Å². The van der Waals surface area contributed by atoms with Crippen molar-refractivity contribution in [3.05, 3.63) is 12.7 Å². The summed E-state index contributed by atoms with van der Waals surface area (Å²) in [5, 5.41) is 3.10. The predicted molar refractivity (Wildman–Crippen MR) is 48.8 cm³/mol. The first-order valence-corrected chi connectivity index (χ1v) is 4.22. The molecule has 0 saturated heterocycles. The predicted octanol–water partition coefficient (Wildman–Crippen LogP) is 1.58. The van der Waals surface area contributed by atoms with Gasteiger partial charge in [0.25, 0.3) is 0 Å². The van der Waals surface area contributed by atoms with E-state index in [1.165, 1.54) is 6.42 Å². The number of hydrogen-bond acceptors (Lipinski definition) is 2. The number of likely N-dealkylation sites (N-methyl/N-ethyl adjacent to an activating group) is 1. The lowest BCUT2D eigenvalue weighted by molar-refractivity contribution is 0.0686. The van der Waals surface area contributed by atoms with Crippen LogP contribution in [0, 0.1) is 0 Å². The van der Waals surface area contributed by atoms with E-state index in [0.29, 0.717) is 12.7 Å². The Morgan fingerprint density at radius 1 is 1.64 bits per heavy atom. The molecule has 1 atom stereocenters. The molecule has 0 radical (unpaired) electrons. The highest BCUT2D eigenvalue weighted by Gasteiger charge is 2.04. The Morgan fingerprint density at radius 2 is 2.36 bits per heavy atom. The molecule has 0 aliphatic heterocycles. The standard InChI is InChI=1S/C9H19NO/c1-4-6-9(8-10-3)11-7-5-2/h5,9-10H,2,4,6-8H2,1,3H3. The van der Waals surface area contributed by atoms with E-state index in [-0.39, 0.29) is 0 Å². The van der Waals surface area contributed by atoms with E-state index in [2.05, 4.69) is 18.8 Å². The van der Waals surface area contributed by atoms with Crippen LogP contribution < -0.4 is 5.32 Å². The fourth-order valence-corrected chi connectivity index (χ4v) is 0.998. The molecule has 0 saturated carbocycles. The normalized spacial score (nSPS) is 12.9. The van der Waals surface area contributed by atoms with Gasteiger partial charge >= 0.3 is 0 Å². The van der Waals surface area contributed by atoms with Crippen molar-refractivity contribution in [2.45, 2.75) is 25.9 Å². The monoisotopic (exact) mass is 157 g/mol. The molecule has 66 valence electrons. The van der Waals surface area contributed by atoms with Crippen LogP contribution in [0.2, 0.25) is 0 Å². The van der Waals surface area contributed by atoms with Crippen molar-refractivity contribution in [2.75, 3.05) is 20.2 Å². The van der Waals surface area contributed by atoms with Crippen LogP contribution >= 0.6 is 0 Å². The summed E-state index contributed by atoms with van der Waals surface area (Å²) in [6.45, 7) is 7.37. The summed E-state index contributed by atoms with van der Waals surface area (Å²) in [6, 6.07) is 0. The maximum Gasteiger partial charge on any atom is 0.0703 e. The first-order valence-electron chi connectivity index (χ1n) is 4.22. The van der Waals surface area contributed by atoms with Crippen molar-refractivity contribution in [3.8, 4) is 0 Å². The molecular weight excluding hydrogens is 138 g/mol.